The Bertz CT molecular complexity index is 1030. The summed E-state index contributed by atoms with van der Waals surface area (Å²) in [5.74, 6) is 5.95. The molecule has 0 aliphatic carbocycles. The normalized spacial score (nSPS) is 11.9. The van der Waals surface area contributed by atoms with Crippen LogP contribution in [0.4, 0.5) is 5.69 Å². The van der Waals surface area contributed by atoms with Gasteiger partial charge in [-0.15, -0.1) is 0 Å². The van der Waals surface area contributed by atoms with Crippen LogP contribution in [0.2, 0.25) is 0 Å². The van der Waals surface area contributed by atoms with Crippen LogP contribution in [0.5, 0.6) is 0 Å². The minimum atomic E-state index is -0.577. The van der Waals surface area contributed by atoms with Gasteiger partial charge in [-0.05, 0) is 59.2 Å². The molecule has 3 aromatic rings. The number of anilines is 1. The maximum atomic E-state index is 12.8. The van der Waals surface area contributed by atoms with Crippen LogP contribution in [0.15, 0.2) is 24.4 Å². The molecule has 150 valence electrons. The Labute approximate surface area is 166 Å². The number of carbonyl (C=O) groups excluding carboxylic acids is 1. The molecule has 0 saturated heterocycles. The molecule has 0 spiro atoms. The molecule has 0 bridgehead atoms. The lowest BCUT2D eigenvalue weighted by atomic mass is 10.0. The Morgan fingerprint density at radius 2 is 1.89 bits per heavy atom. The van der Waals surface area contributed by atoms with Gasteiger partial charge < -0.3 is 15.5 Å². The zero-order valence-electron chi connectivity index (χ0n) is 17.7. The zero-order valence-corrected chi connectivity index (χ0v) is 17.7. The number of nitrogens with two attached hydrogens (primary N) is 1. The van der Waals surface area contributed by atoms with Gasteiger partial charge in [-0.1, -0.05) is 6.92 Å². The van der Waals surface area contributed by atoms with Crippen molar-refractivity contribution in [1.29, 1.82) is 0 Å². The van der Waals surface area contributed by atoms with Crippen molar-refractivity contribution in [1.82, 2.24) is 9.66 Å². The lowest BCUT2D eigenvalue weighted by Gasteiger charge is -2.21. The van der Waals surface area contributed by atoms with Gasteiger partial charge in [-0.3, -0.25) is 9.66 Å². The first-order valence-electron chi connectivity index (χ1n) is 9.91. The van der Waals surface area contributed by atoms with Gasteiger partial charge in [0, 0.05) is 35.7 Å². The Kier molecular flexibility index (Phi) is 5.24. The monoisotopic (exact) mass is 382 g/mol. The fourth-order valence-corrected chi connectivity index (χ4v) is 3.63. The minimum absolute atomic E-state index is 0.377. The molecule has 6 nitrogen and oxygen atoms in total. The van der Waals surface area contributed by atoms with Gasteiger partial charge in [0.15, 0.2) is 0 Å². The third kappa shape index (κ3) is 3.51. The van der Waals surface area contributed by atoms with Crippen molar-refractivity contribution < 1.29 is 9.53 Å². The van der Waals surface area contributed by atoms with E-state index in [1.165, 1.54) is 4.68 Å². The summed E-state index contributed by atoms with van der Waals surface area (Å²) in [5, 5.41) is 1.72. The lowest BCUT2D eigenvalue weighted by Crippen LogP contribution is -2.24. The first-order chi connectivity index (χ1) is 13.2. The van der Waals surface area contributed by atoms with Crippen LogP contribution in [0.3, 0.4) is 0 Å². The molecule has 0 radical (unpaired) electrons. The van der Waals surface area contributed by atoms with Crippen molar-refractivity contribution in [2.45, 2.75) is 53.6 Å². The second-order valence-electron chi connectivity index (χ2n) is 7.96. The molecule has 0 atom stereocenters. The number of fused-ring (bicyclic) bond motifs is 3. The highest BCUT2D eigenvalue weighted by molar-refractivity contribution is 6.14. The Hall–Kier alpha value is -2.76. The number of hydrogen-bond donors (Lipinski definition) is 1. The molecule has 2 heterocycles. The van der Waals surface area contributed by atoms with Crippen LogP contribution >= 0.6 is 0 Å². The number of esters is 1. The topological polar surface area (TPSA) is 73.4 Å². The predicted molar refractivity (Wildman–Crippen MR) is 115 cm³/mol. The average molecular weight is 383 g/mol. The van der Waals surface area contributed by atoms with Crippen LogP contribution in [0, 0.1) is 0 Å². The van der Waals surface area contributed by atoms with Crippen LogP contribution in [-0.2, 0) is 11.2 Å². The van der Waals surface area contributed by atoms with Crippen LogP contribution < -0.4 is 10.7 Å². The maximum absolute atomic E-state index is 12.8. The van der Waals surface area contributed by atoms with Crippen molar-refractivity contribution in [3.8, 4) is 0 Å². The van der Waals surface area contributed by atoms with Gasteiger partial charge in [0.2, 0.25) is 0 Å². The Morgan fingerprint density at radius 3 is 2.46 bits per heavy atom. The van der Waals surface area contributed by atoms with Crippen LogP contribution in [0.25, 0.3) is 21.8 Å². The van der Waals surface area contributed by atoms with Crippen molar-refractivity contribution in [2.24, 2.45) is 0 Å². The fourth-order valence-electron chi connectivity index (χ4n) is 3.63. The number of benzene rings is 1. The number of nitrogens with zero attached hydrogens (tertiary/aromatic N) is 3. The summed E-state index contributed by atoms with van der Waals surface area (Å²) in [4.78, 5) is 19.9. The molecular formula is C22H30N4O2. The third-order valence-corrected chi connectivity index (χ3v) is 4.89. The highest BCUT2D eigenvalue weighted by Crippen LogP contribution is 2.33. The van der Waals surface area contributed by atoms with E-state index in [-0.39, 0.29) is 5.97 Å². The van der Waals surface area contributed by atoms with E-state index in [4.69, 9.17) is 15.6 Å². The minimum Gasteiger partial charge on any atom is -0.456 e. The van der Waals surface area contributed by atoms with Crippen molar-refractivity contribution in [2.75, 3.05) is 23.8 Å². The summed E-state index contributed by atoms with van der Waals surface area (Å²) < 4.78 is 7.14. The standard InChI is InChI=1S/C22H30N4O2/c1-7-17-19-16(21(27)28-22(4,5)6)13-26(23)20(19)15-12-14(25(8-2)9-3)10-11-18(15)24-17/h10-13H,7-9,23H2,1-6H3. The summed E-state index contributed by atoms with van der Waals surface area (Å²) in [5.41, 5.74) is 3.55. The maximum Gasteiger partial charge on any atom is 0.340 e. The van der Waals surface area contributed by atoms with Crippen LogP contribution in [0.1, 0.15) is 57.6 Å². The fraction of sp³-hybridized carbons (Fsp3) is 0.455. The number of aryl methyl sites for hydroxylation is 1. The van der Waals surface area contributed by atoms with E-state index < -0.39 is 5.60 Å². The number of nitrogen functional groups attached to an aromatic ring is 1. The number of carbonyl (C=O) groups is 1. The molecule has 2 N–H and O–H groups in total. The van der Waals surface area contributed by atoms with E-state index in [0.717, 1.165) is 46.3 Å². The molecule has 0 fully saturated rings. The van der Waals surface area contributed by atoms with Crippen molar-refractivity contribution >= 4 is 33.5 Å². The van der Waals surface area contributed by atoms with E-state index in [9.17, 15) is 4.79 Å². The first kappa shape index (κ1) is 20.0. The second-order valence-corrected chi connectivity index (χ2v) is 7.96. The van der Waals surface area contributed by atoms with Gasteiger partial charge in [0.25, 0.3) is 0 Å². The Morgan fingerprint density at radius 1 is 1.21 bits per heavy atom. The van der Waals surface area contributed by atoms with Crippen LogP contribution in [-0.4, -0.2) is 34.3 Å². The van der Waals surface area contributed by atoms with Gasteiger partial charge in [-0.2, -0.15) is 0 Å². The quantitative estimate of drug-likeness (QED) is 0.527. The number of rotatable bonds is 5. The molecule has 6 heteroatoms. The van der Waals surface area contributed by atoms with E-state index in [1.807, 2.05) is 33.8 Å². The zero-order chi connectivity index (χ0) is 20.6. The SMILES string of the molecule is CCc1nc2ccc(N(CC)CC)cc2c2c1c(C(=O)OC(C)(C)C)cn2N. The first-order valence-corrected chi connectivity index (χ1v) is 9.91. The summed E-state index contributed by atoms with van der Waals surface area (Å²) in [6, 6.07) is 6.23. The smallest absolute Gasteiger partial charge is 0.340 e. The highest BCUT2D eigenvalue weighted by Gasteiger charge is 2.25. The Balaban J connectivity index is 2.31. The van der Waals surface area contributed by atoms with E-state index in [1.54, 1.807) is 6.20 Å². The molecule has 2 aromatic heterocycles. The number of pyridine rings is 1. The largest absolute Gasteiger partial charge is 0.456 e. The van der Waals surface area contributed by atoms with E-state index in [2.05, 4.69) is 30.9 Å². The molecule has 0 aliphatic heterocycles. The molecule has 28 heavy (non-hydrogen) atoms. The molecule has 3 rings (SSSR count). The summed E-state index contributed by atoms with van der Waals surface area (Å²) in [7, 11) is 0. The molecule has 1 aromatic carbocycles. The molecule has 0 unspecified atom stereocenters. The second kappa shape index (κ2) is 7.34. The number of ether oxygens (including phenoxy) is 1. The molecule has 0 saturated carbocycles. The average Bonchev–Trinajstić information content (AvgIpc) is 2.99. The third-order valence-electron chi connectivity index (χ3n) is 4.89. The van der Waals surface area contributed by atoms with Crippen molar-refractivity contribution in [3.63, 3.8) is 0 Å². The predicted octanol–water partition coefficient (Wildman–Crippen LogP) is 4.27. The lowest BCUT2D eigenvalue weighted by molar-refractivity contribution is 0.00716. The van der Waals surface area contributed by atoms with Gasteiger partial charge in [0.05, 0.1) is 22.3 Å². The van der Waals surface area contributed by atoms with Gasteiger partial charge in [0.1, 0.15) is 5.60 Å². The molecular weight excluding hydrogens is 352 g/mol. The number of hydrogen-bond acceptors (Lipinski definition) is 5. The summed E-state index contributed by atoms with van der Waals surface area (Å²) in [6.07, 6.45) is 2.35. The molecule has 0 amide bonds. The number of aromatic nitrogens is 2. The molecule has 0 aliphatic rings. The van der Waals surface area contributed by atoms with E-state index >= 15 is 0 Å². The van der Waals surface area contributed by atoms with Crippen molar-refractivity contribution in [3.05, 3.63) is 35.7 Å². The summed E-state index contributed by atoms with van der Waals surface area (Å²) >= 11 is 0. The van der Waals surface area contributed by atoms with Gasteiger partial charge >= 0.3 is 5.97 Å². The highest BCUT2D eigenvalue weighted by atomic mass is 16.6. The van der Waals surface area contributed by atoms with Gasteiger partial charge in [-0.25, -0.2) is 4.79 Å². The summed E-state index contributed by atoms with van der Waals surface area (Å²) in [6.45, 7) is 13.7. The van der Waals surface area contributed by atoms with E-state index in [0.29, 0.717) is 12.0 Å².